The van der Waals surface area contributed by atoms with E-state index in [1.54, 1.807) is 6.92 Å². The number of ether oxygens (including phenoxy) is 3. The van der Waals surface area contributed by atoms with Crippen molar-refractivity contribution < 1.29 is 27.8 Å². The summed E-state index contributed by atoms with van der Waals surface area (Å²) < 4.78 is 39.1. The van der Waals surface area contributed by atoms with Gasteiger partial charge in [0.15, 0.2) is 0 Å². The SMILES string of the molecule is CCOC(=O)C1(C)OCC(F)(F)CO1. The van der Waals surface area contributed by atoms with E-state index >= 15 is 0 Å². The van der Waals surface area contributed by atoms with Crippen LogP contribution in [0.4, 0.5) is 8.78 Å². The monoisotopic (exact) mass is 210 g/mol. The second-order valence-electron chi connectivity index (χ2n) is 3.10. The fraction of sp³-hybridized carbons (Fsp3) is 0.875. The van der Waals surface area contributed by atoms with Crippen LogP contribution in [-0.2, 0) is 19.0 Å². The summed E-state index contributed by atoms with van der Waals surface area (Å²) in [6.07, 6.45) is 0. The topological polar surface area (TPSA) is 44.8 Å². The number of halogens is 2. The van der Waals surface area contributed by atoms with Crippen LogP contribution in [0.5, 0.6) is 0 Å². The number of esters is 1. The Balaban J connectivity index is 2.57. The summed E-state index contributed by atoms with van der Waals surface area (Å²) in [5.74, 6) is -5.51. The molecule has 1 rings (SSSR count). The van der Waals surface area contributed by atoms with Gasteiger partial charge in [-0.05, 0) is 6.92 Å². The van der Waals surface area contributed by atoms with Crippen LogP contribution in [0.2, 0.25) is 0 Å². The number of hydrogen-bond acceptors (Lipinski definition) is 4. The first-order valence-electron chi connectivity index (χ1n) is 4.22. The van der Waals surface area contributed by atoms with Gasteiger partial charge in [-0.25, -0.2) is 13.6 Å². The van der Waals surface area contributed by atoms with E-state index in [0.29, 0.717) is 0 Å². The van der Waals surface area contributed by atoms with E-state index in [4.69, 9.17) is 0 Å². The maximum atomic E-state index is 12.6. The van der Waals surface area contributed by atoms with Gasteiger partial charge in [0, 0.05) is 6.92 Å². The summed E-state index contributed by atoms with van der Waals surface area (Å²) in [5, 5.41) is 0. The van der Waals surface area contributed by atoms with Gasteiger partial charge in [0.25, 0.3) is 11.7 Å². The Bertz CT molecular complexity index is 219. The fourth-order valence-corrected chi connectivity index (χ4v) is 0.950. The molecule has 0 unspecified atom stereocenters. The number of alkyl halides is 2. The largest absolute Gasteiger partial charge is 0.462 e. The van der Waals surface area contributed by atoms with E-state index in [1.165, 1.54) is 6.92 Å². The molecule has 0 aromatic rings. The summed E-state index contributed by atoms with van der Waals surface area (Å²) in [5.41, 5.74) is 0. The first-order valence-corrected chi connectivity index (χ1v) is 4.22. The van der Waals surface area contributed by atoms with Crippen LogP contribution in [-0.4, -0.2) is 37.5 Å². The second-order valence-corrected chi connectivity index (χ2v) is 3.10. The smallest absolute Gasteiger partial charge is 0.366 e. The fourth-order valence-electron chi connectivity index (χ4n) is 0.950. The van der Waals surface area contributed by atoms with Crippen LogP contribution >= 0.6 is 0 Å². The summed E-state index contributed by atoms with van der Waals surface area (Å²) >= 11 is 0. The van der Waals surface area contributed by atoms with E-state index in [-0.39, 0.29) is 6.61 Å². The molecule has 0 aliphatic carbocycles. The van der Waals surface area contributed by atoms with E-state index < -0.39 is 30.9 Å². The molecule has 82 valence electrons. The molecule has 1 fully saturated rings. The molecule has 0 N–H and O–H groups in total. The zero-order valence-corrected chi connectivity index (χ0v) is 8.01. The molecule has 6 heteroatoms. The molecule has 0 aromatic carbocycles. The highest BCUT2D eigenvalue weighted by Crippen LogP contribution is 2.28. The van der Waals surface area contributed by atoms with Crippen molar-refractivity contribution in [2.45, 2.75) is 25.6 Å². The molecular formula is C8H12F2O4. The molecule has 1 heterocycles. The summed E-state index contributed by atoms with van der Waals surface area (Å²) in [4.78, 5) is 11.2. The molecule has 4 nitrogen and oxygen atoms in total. The summed E-state index contributed by atoms with van der Waals surface area (Å²) in [7, 11) is 0. The van der Waals surface area contributed by atoms with E-state index in [2.05, 4.69) is 14.2 Å². The average molecular weight is 210 g/mol. The highest BCUT2D eigenvalue weighted by atomic mass is 19.3. The lowest BCUT2D eigenvalue weighted by Gasteiger charge is -2.34. The van der Waals surface area contributed by atoms with Crippen LogP contribution in [0.1, 0.15) is 13.8 Å². The van der Waals surface area contributed by atoms with E-state index in [9.17, 15) is 13.6 Å². The van der Waals surface area contributed by atoms with Gasteiger partial charge >= 0.3 is 5.97 Å². The highest BCUT2D eigenvalue weighted by molar-refractivity contribution is 5.77. The van der Waals surface area contributed by atoms with Gasteiger partial charge < -0.3 is 14.2 Å². The lowest BCUT2D eigenvalue weighted by molar-refractivity contribution is -0.314. The molecule has 0 saturated carbocycles. The third-order valence-electron chi connectivity index (χ3n) is 1.76. The molecule has 1 aliphatic rings. The van der Waals surface area contributed by atoms with Gasteiger partial charge in [-0.15, -0.1) is 0 Å². The molecule has 14 heavy (non-hydrogen) atoms. The van der Waals surface area contributed by atoms with Crippen LogP contribution < -0.4 is 0 Å². The van der Waals surface area contributed by atoms with Gasteiger partial charge in [-0.3, -0.25) is 0 Å². The number of rotatable bonds is 2. The molecule has 0 radical (unpaired) electrons. The van der Waals surface area contributed by atoms with Crippen molar-refractivity contribution in [1.82, 2.24) is 0 Å². The Morgan fingerprint density at radius 1 is 1.43 bits per heavy atom. The van der Waals surface area contributed by atoms with Crippen LogP contribution in [0.3, 0.4) is 0 Å². The summed E-state index contributed by atoms with van der Waals surface area (Å²) in [6.45, 7) is 1.36. The minimum absolute atomic E-state index is 0.150. The van der Waals surface area contributed by atoms with Crippen molar-refractivity contribution in [3.05, 3.63) is 0 Å². The van der Waals surface area contributed by atoms with Crippen molar-refractivity contribution in [3.8, 4) is 0 Å². The van der Waals surface area contributed by atoms with Crippen molar-refractivity contribution in [1.29, 1.82) is 0 Å². The molecule has 0 atom stereocenters. The minimum Gasteiger partial charge on any atom is -0.462 e. The number of hydrogen-bond donors (Lipinski definition) is 0. The third-order valence-corrected chi connectivity index (χ3v) is 1.76. The van der Waals surface area contributed by atoms with Gasteiger partial charge in [0.05, 0.1) is 6.61 Å². The first kappa shape index (κ1) is 11.3. The molecule has 1 saturated heterocycles. The minimum atomic E-state index is -3.04. The van der Waals surface area contributed by atoms with Gasteiger partial charge in [0.1, 0.15) is 13.2 Å². The van der Waals surface area contributed by atoms with Crippen LogP contribution in [0.25, 0.3) is 0 Å². The Morgan fingerprint density at radius 2 is 1.93 bits per heavy atom. The van der Waals surface area contributed by atoms with Gasteiger partial charge in [-0.1, -0.05) is 0 Å². The summed E-state index contributed by atoms with van der Waals surface area (Å²) in [6, 6.07) is 0. The van der Waals surface area contributed by atoms with Crippen molar-refractivity contribution >= 4 is 5.97 Å². The molecular weight excluding hydrogens is 198 g/mol. The number of carbonyl (C=O) groups excluding carboxylic acids is 1. The zero-order chi connectivity index (χ0) is 10.8. The van der Waals surface area contributed by atoms with Crippen molar-refractivity contribution in [2.75, 3.05) is 19.8 Å². The standard InChI is InChI=1S/C8H12F2O4/c1-3-12-6(11)7(2)13-4-8(9,10)5-14-7/h3-5H2,1-2H3. The lowest BCUT2D eigenvalue weighted by atomic mass is 10.2. The maximum Gasteiger partial charge on any atom is 0.366 e. The van der Waals surface area contributed by atoms with Crippen LogP contribution in [0.15, 0.2) is 0 Å². The van der Waals surface area contributed by atoms with E-state index in [1.807, 2.05) is 0 Å². The molecule has 0 spiro atoms. The highest BCUT2D eigenvalue weighted by Gasteiger charge is 2.48. The Morgan fingerprint density at radius 3 is 2.36 bits per heavy atom. The van der Waals surface area contributed by atoms with Crippen molar-refractivity contribution in [3.63, 3.8) is 0 Å². The number of carbonyl (C=O) groups is 1. The second kappa shape index (κ2) is 3.78. The van der Waals surface area contributed by atoms with Gasteiger partial charge in [-0.2, -0.15) is 0 Å². The molecule has 0 amide bonds. The van der Waals surface area contributed by atoms with Crippen LogP contribution in [0, 0.1) is 0 Å². The third kappa shape index (κ3) is 2.39. The lowest BCUT2D eigenvalue weighted by Crippen LogP contribution is -2.52. The Labute approximate surface area is 80.1 Å². The quantitative estimate of drug-likeness (QED) is 0.636. The first-order chi connectivity index (χ1) is 6.40. The Kier molecular flexibility index (Phi) is 3.06. The van der Waals surface area contributed by atoms with Gasteiger partial charge in [0.2, 0.25) is 0 Å². The van der Waals surface area contributed by atoms with Crippen molar-refractivity contribution in [2.24, 2.45) is 0 Å². The molecule has 1 aliphatic heterocycles. The normalized spacial score (nSPS) is 24.3. The average Bonchev–Trinajstić information content (AvgIpc) is 2.11. The Hall–Kier alpha value is -0.750. The predicted molar refractivity (Wildman–Crippen MR) is 41.9 cm³/mol. The van der Waals surface area contributed by atoms with E-state index in [0.717, 1.165) is 0 Å². The predicted octanol–water partition coefficient (Wildman–Crippen LogP) is 0.948. The molecule has 0 bridgehead atoms. The maximum absolute atomic E-state index is 12.6. The molecule has 0 aromatic heterocycles. The zero-order valence-electron chi connectivity index (χ0n) is 8.01.